The van der Waals surface area contributed by atoms with Crippen LogP contribution < -0.4 is 5.32 Å². The fourth-order valence-corrected chi connectivity index (χ4v) is 1.85. The van der Waals surface area contributed by atoms with E-state index < -0.39 is 0 Å². The Morgan fingerprint density at radius 2 is 1.83 bits per heavy atom. The third-order valence-electron chi connectivity index (χ3n) is 3.04. The quantitative estimate of drug-likeness (QED) is 0.894. The monoisotopic (exact) mass is 241 g/mol. The van der Waals surface area contributed by atoms with Gasteiger partial charge in [-0.2, -0.15) is 0 Å². The van der Waals surface area contributed by atoms with Gasteiger partial charge in [0, 0.05) is 19.3 Å². The number of hydrogen-bond donors (Lipinski definition) is 1. The average Bonchev–Trinajstić information content (AvgIpc) is 2.34. The number of nitrogens with zero attached hydrogens (tertiary/aromatic N) is 2. The second-order valence-electron chi connectivity index (χ2n) is 4.62. The van der Waals surface area contributed by atoms with Crippen LogP contribution in [0, 0.1) is 20.8 Å². The van der Waals surface area contributed by atoms with Crippen LogP contribution >= 0.6 is 0 Å². The van der Waals surface area contributed by atoms with Gasteiger partial charge in [0.15, 0.2) is 0 Å². The molecule has 1 aromatic heterocycles. The molecule has 2 rings (SSSR count). The first-order valence-corrected chi connectivity index (χ1v) is 6.20. The summed E-state index contributed by atoms with van der Waals surface area (Å²) in [7, 11) is 0. The lowest BCUT2D eigenvalue weighted by atomic mass is 10.1. The molecule has 0 aliphatic rings. The molecule has 1 heterocycles. The highest BCUT2D eigenvalue weighted by Crippen LogP contribution is 2.09. The summed E-state index contributed by atoms with van der Waals surface area (Å²) in [5.74, 6) is 0.820. The molecular weight excluding hydrogens is 222 g/mol. The summed E-state index contributed by atoms with van der Waals surface area (Å²) in [6.07, 6.45) is 1.80. The highest BCUT2D eigenvalue weighted by atomic mass is 14.9. The maximum Gasteiger partial charge on any atom is 0.125 e. The first-order chi connectivity index (χ1) is 8.65. The molecular formula is C15H19N3. The SMILES string of the molecule is Cc1nccc(CNCc2ccc(C)c(C)c2)n1. The van der Waals surface area contributed by atoms with E-state index in [0.29, 0.717) is 0 Å². The molecule has 0 saturated carbocycles. The minimum absolute atomic E-state index is 0.774. The van der Waals surface area contributed by atoms with Crippen LogP contribution in [-0.2, 0) is 13.1 Å². The molecule has 1 N–H and O–H groups in total. The second-order valence-corrected chi connectivity index (χ2v) is 4.62. The lowest BCUT2D eigenvalue weighted by Gasteiger charge is -2.07. The smallest absolute Gasteiger partial charge is 0.125 e. The fourth-order valence-electron chi connectivity index (χ4n) is 1.85. The van der Waals surface area contributed by atoms with E-state index in [1.165, 1.54) is 16.7 Å². The zero-order valence-corrected chi connectivity index (χ0v) is 11.2. The molecule has 0 radical (unpaired) electrons. The highest BCUT2D eigenvalue weighted by molar-refractivity contribution is 5.29. The van der Waals surface area contributed by atoms with Crippen LogP contribution in [0.25, 0.3) is 0 Å². The molecule has 0 aliphatic heterocycles. The molecule has 0 saturated heterocycles. The maximum absolute atomic E-state index is 4.36. The zero-order chi connectivity index (χ0) is 13.0. The lowest BCUT2D eigenvalue weighted by Crippen LogP contribution is -2.14. The largest absolute Gasteiger partial charge is 0.307 e. The van der Waals surface area contributed by atoms with Gasteiger partial charge in [-0.1, -0.05) is 18.2 Å². The summed E-state index contributed by atoms with van der Waals surface area (Å²) in [4.78, 5) is 8.45. The summed E-state index contributed by atoms with van der Waals surface area (Å²) in [6, 6.07) is 8.51. The van der Waals surface area contributed by atoms with E-state index in [9.17, 15) is 0 Å². The maximum atomic E-state index is 4.36. The molecule has 0 unspecified atom stereocenters. The van der Waals surface area contributed by atoms with Gasteiger partial charge < -0.3 is 5.32 Å². The van der Waals surface area contributed by atoms with Gasteiger partial charge in [0.2, 0.25) is 0 Å². The number of rotatable bonds is 4. The predicted octanol–water partition coefficient (Wildman–Crippen LogP) is 2.69. The predicted molar refractivity (Wildman–Crippen MR) is 73.2 cm³/mol. The van der Waals surface area contributed by atoms with Gasteiger partial charge in [0.1, 0.15) is 5.82 Å². The van der Waals surface area contributed by atoms with Crippen LogP contribution in [0.15, 0.2) is 30.5 Å². The molecule has 0 bridgehead atoms. The number of nitrogens with one attached hydrogen (secondary N) is 1. The van der Waals surface area contributed by atoms with Gasteiger partial charge in [-0.05, 0) is 43.5 Å². The minimum atomic E-state index is 0.774. The molecule has 94 valence electrons. The van der Waals surface area contributed by atoms with Gasteiger partial charge in [0.05, 0.1) is 5.69 Å². The Balaban J connectivity index is 1.90. The Hall–Kier alpha value is -1.74. The van der Waals surface area contributed by atoms with E-state index in [1.54, 1.807) is 6.20 Å². The van der Waals surface area contributed by atoms with Crippen LogP contribution in [0.4, 0.5) is 0 Å². The third-order valence-corrected chi connectivity index (χ3v) is 3.04. The van der Waals surface area contributed by atoms with E-state index in [1.807, 2.05) is 13.0 Å². The molecule has 0 spiro atoms. The summed E-state index contributed by atoms with van der Waals surface area (Å²) in [5, 5.41) is 3.40. The topological polar surface area (TPSA) is 37.8 Å². The van der Waals surface area contributed by atoms with Crippen molar-refractivity contribution in [1.29, 1.82) is 0 Å². The fraction of sp³-hybridized carbons (Fsp3) is 0.333. The molecule has 0 aliphatic carbocycles. The zero-order valence-electron chi connectivity index (χ0n) is 11.2. The molecule has 18 heavy (non-hydrogen) atoms. The Morgan fingerprint density at radius 3 is 2.56 bits per heavy atom. The van der Waals surface area contributed by atoms with Gasteiger partial charge in [-0.3, -0.25) is 0 Å². The summed E-state index contributed by atoms with van der Waals surface area (Å²) >= 11 is 0. The van der Waals surface area contributed by atoms with Gasteiger partial charge >= 0.3 is 0 Å². The molecule has 2 aromatic rings. The third kappa shape index (κ3) is 3.37. The van der Waals surface area contributed by atoms with Gasteiger partial charge in [0.25, 0.3) is 0 Å². The van der Waals surface area contributed by atoms with Crippen molar-refractivity contribution >= 4 is 0 Å². The highest BCUT2D eigenvalue weighted by Gasteiger charge is 1.98. The van der Waals surface area contributed by atoms with Gasteiger partial charge in [-0.25, -0.2) is 9.97 Å². The van der Waals surface area contributed by atoms with Crippen molar-refractivity contribution < 1.29 is 0 Å². The lowest BCUT2D eigenvalue weighted by molar-refractivity contribution is 0.674. The minimum Gasteiger partial charge on any atom is -0.307 e. The molecule has 0 amide bonds. The molecule has 0 atom stereocenters. The summed E-state index contributed by atoms with van der Waals surface area (Å²) < 4.78 is 0. The van der Waals surface area contributed by atoms with Crippen molar-refractivity contribution in [3.63, 3.8) is 0 Å². The molecule has 3 heteroatoms. The van der Waals surface area contributed by atoms with Crippen molar-refractivity contribution in [2.45, 2.75) is 33.9 Å². The Kier molecular flexibility index (Phi) is 4.05. The van der Waals surface area contributed by atoms with Crippen LogP contribution in [0.2, 0.25) is 0 Å². The van der Waals surface area contributed by atoms with Crippen LogP contribution in [0.3, 0.4) is 0 Å². The van der Waals surface area contributed by atoms with E-state index in [2.05, 4.69) is 47.3 Å². The second kappa shape index (κ2) is 5.74. The van der Waals surface area contributed by atoms with Crippen LogP contribution in [-0.4, -0.2) is 9.97 Å². The van der Waals surface area contributed by atoms with Gasteiger partial charge in [-0.15, -0.1) is 0 Å². The average molecular weight is 241 g/mol. The molecule has 3 nitrogen and oxygen atoms in total. The van der Waals surface area contributed by atoms with Crippen LogP contribution in [0.5, 0.6) is 0 Å². The first kappa shape index (κ1) is 12.7. The van der Waals surface area contributed by atoms with Crippen molar-refractivity contribution in [3.8, 4) is 0 Å². The normalized spacial score (nSPS) is 10.6. The van der Waals surface area contributed by atoms with Crippen molar-refractivity contribution in [2.24, 2.45) is 0 Å². The van der Waals surface area contributed by atoms with E-state index in [0.717, 1.165) is 24.6 Å². The number of aromatic nitrogens is 2. The van der Waals surface area contributed by atoms with Crippen LogP contribution in [0.1, 0.15) is 28.2 Å². The summed E-state index contributed by atoms with van der Waals surface area (Å²) in [6.45, 7) is 7.83. The van der Waals surface area contributed by atoms with E-state index in [-0.39, 0.29) is 0 Å². The Morgan fingerprint density at radius 1 is 1.00 bits per heavy atom. The first-order valence-electron chi connectivity index (χ1n) is 6.20. The van der Waals surface area contributed by atoms with Crippen molar-refractivity contribution in [3.05, 3.63) is 58.7 Å². The molecule has 0 fully saturated rings. The summed E-state index contributed by atoms with van der Waals surface area (Å²) in [5.41, 5.74) is 5.02. The van der Waals surface area contributed by atoms with E-state index in [4.69, 9.17) is 0 Å². The number of hydrogen-bond acceptors (Lipinski definition) is 3. The molecule has 1 aromatic carbocycles. The van der Waals surface area contributed by atoms with Crippen molar-refractivity contribution in [1.82, 2.24) is 15.3 Å². The van der Waals surface area contributed by atoms with E-state index >= 15 is 0 Å². The Labute approximate surface area is 108 Å². The number of aryl methyl sites for hydroxylation is 3. The number of benzene rings is 1. The standard InChI is InChI=1S/C15H19N3/c1-11-4-5-14(8-12(11)2)9-16-10-15-6-7-17-13(3)18-15/h4-8,16H,9-10H2,1-3H3. The Bertz CT molecular complexity index is 535. The van der Waals surface area contributed by atoms with Crippen molar-refractivity contribution in [2.75, 3.05) is 0 Å².